The van der Waals surface area contributed by atoms with Crippen molar-refractivity contribution in [2.45, 2.75) is 52.5 Å². The number of nitrogens with zero attached hydrogens (tertiary/aromatic N) is 2. The Morgan fingerprint density at radius 3 is 2.24 bits per heavy atom. The molecular formula is C32H32N2O4. The van der Waals surface area contributed by atoms with Crippen LogP contribution in [0.1, 0.15) is 68.0 Å². The minimum Gasteiger partial charge on any atom is -0.507 e. The van der Waals surface area contributed by atoms with E-state index in [9.17, 15) is 20.0 Å². The molecule has 1 heterocycles. The first-order valence-corrected chi connectivity index (χ1v) is 12.7. The van der Waals surface area contributed by atoms with Gasteiger partial charge < -0.3 is 9.84 Å². The van der Waals surface area contributed by atoms with Crippen molar-refractivity contribution in [1.29, 1.82) is 5.26 Å². The number of hydrogen-bond acceptors (Lipinski definition) is 5. The minimum absolute atomic E-state index is 0.0181. The number of carbonyl (C=O) groups is 2. The molecule has 6 heteroatoms. The smallest absolute Gasteiger partial charge is 0.300 e. The summed E-state index contributed by atoms with van der Waals surface area (Å²) in [6, 6.07) is 20.7. The number of carbonyl (C=O) groups excluding carboxylic acids is 2. The third-order valence-corrected chi connectivity index (χ3v) is 6.72. The van der Waals surface area contributed by atoms with Gasteiger partial charge in [-0.25, -0.2) is 0 Å². The van der Waals surface area contributed by atoms with Crippen molar-refractivity contribution in [2.75, 3.05) is 11.5 Å². The van der Waals surface area contributed by atoms with Gasteiger partial charge in [-0.3, -0.25) is 14.5 Å². The van der Waals surface area contributed by atoms with Gasteiger partial charge in [0.15, 0.2) is 0 Å². The standard InChI is InChI=1S/C32H32N2O4/c1-6-17-38-26-16-11-23(18-20(26)2)29(35)27-28(22-9-12-24(13-10-22)32(3,4)5)34(31(37)30(27)36)25-14-7-21(19-33)8-15-25/h7-16,18,28,35H,6,17H2,1-5H3/b29-27-. The third kappa shape index (κ3) is 5.05. The number of Topliss-reactive ketones (excluding diaryl/α,β-unsaturated/α-hetero) is 1. The van der Waals surface area contributed by atoms with Gasteiger partial charge >= 0.3 is 0 Å². The molecule has 194 valence electrons. The number of aliphatic hydroxyl groups excluding tert-OH is 1. The van der Waals surface area contributed by atoms with E-state index in [-0.39, 0.29) is 16.7 Å². The van der Waals surface area contributed by atoms with E-state index in [0.29, 0.717) is 34.7 Å². The van der Waals surface area contributed by atoms with Crippen molar-refractivity contribution >= 4 is 23.1 Å². The average Bonchev–Trinajstić information content (AvgIpc) is 3.17. The molecule has 1 saturated heterocycles. The molecule has 1 atom stereocenters. The Kier molecular flexibility index (Phi) is 7.41. The summed E-state index contributed by atoms with van der Waals surface area (Å²) in [5.41, 5.74) is 3.90. The van der Waals surface area contributed by atoms with Gasteiger partial charge in [0.05, 0.1) is 29.9 Å². The van der Waals surface area contributed by atoms with Crippen LogP contribution in [-0.2, 0) is 15.0 Å². The van der Waals surface area contributed by atoms with Gasteiger partial charge in [-0.05, 0) is 77.9 Å². The summed E-state index contributed by atoms with van der Waals surface area (Å²) in [5.74, 6) is -1.04. The second-order valence-electron chi connectivity index (χ2n) is 10.5. The lowest BCUT2D eigenvalue weighted by Crippen LogP contribution is -2.29. The number of rotatable bonds is 6. The third-order valence-electron chi connectivity index (χ3n) is 6.72. The first-order chi connectivity index (χ1) is 18.1. The summed E-state index contributed by atoms with van der Waals surface area (Å²) in [6.45, 7) is 10.8. The predicted molar refractivity (Wildman–Crippen MR) is 148 cm³/mol. The molecule has 0 spiro atoms. The maximum atomic E-state index is 13.4. The van der Waals surface area contributed by atoms with E-state index in [1.807, 2.05) is 38.1 Å². The summed E-state index contributed by atoms with van der Waals surface area (Å²) in [5, 5.41) is 20.7. The predicted octanol–water partition coefficient (Wildman–Crippen LogP) is 6.58. The van der Waals surface area contributed by atoms with Gasteiger partial charge in [0, 0.05) is 11.3 Å². The van der Waals surface area contributed by atoms with Gasteiger partial charge in [0.1, 0.15) is 11.5 Å². The van der Waals surface area contributed by atoms with E-state index in [2.05, 4.69) is 26.8 Å². The fourth-order valence-corrected chi connectivity index (χ4v) is 4.60. The fourth-order valence-electron chi connectivity index (χ4n) is 4.60. The minimum atomic E-state index is -0.840. The molecule has 1 aliphatic heterocycles. The highest BCUT2D eigenvalue weighted by Crippen LogP contribution is 2.43. The average molecular weight is 509 g/mol. The summed E-state index contributed by atoms with van der Waals surface area (Å²) in [6.07, 6.45) is 0.869. The largest absolute Gasteiger partial charge is 0.507 e. The zero-order valence-electron chi connectivity index (χ0n) is 22.4. The number of nitriles is 1. The molecule has 3 aromatic rings. The molecule has 3 aromatic carbocycles. The molecule has 4 rings (SSSR count). The number of aryl methyl sites for hydroxylation is 1. The second kappa shape index (κ2) is 10.5. The molecule has 0 radical (unpaired) electrons. The highest BCUT2D eigenvalue weighted by atomic mass is 16.5. The van der Waals surface area contributed by atoms with E-state index < -0.39 is 17.7 Å². The van der Waals surface area contributed by atoms with Crippen LogP contribution in [0.2, 0.25) is 0 Å². The highest BCUT2D eigenvalue weighted by molar-refractivity contribution is 6.51. The number of benzene rings is 3. The second-order valence-corrected chi connectivity index (χ2v) is 10.5. The fraction of sp³-hybridized carbons (Fsp3) is 0.281. The summed E-state index contributed by atoms with van der Waals surface area (Å²) in [7, 11) is 0. The first-order valence-electron chi connectivity index (χ1n) is 12.7. The van der Waals surface area contributed by atoms with Crippen LogP contribution in [0.25, 0.3) is 5.76 Å². The Morgan fingerprint density at radius 1 is 1.03 bits per heavy atom. The van der Waals surface area contributed by atoms with Crippen molar-refractivity contribution in [2.24, 2.45) is 0 Å². The van der Waals surface area contributed by atoms with Gasteiger partial charge in [0.2, 0.25) is 0 Å². The normalized spacial score (nSPS) is 16.9. The molecule has 38 heavy (non-hydrogen) atoms. The lowest BCUT2D eigenvalue weighted by Gasteiger charge is -2.26. The molecule has 6 nitrogen and oxygen atoms in total. The van der Waals surface area contributed by atoms with Gasteiger partial charge in [0.25, 0.3) is 11.7 Å². The summed E-state index contributed by atoms with van der Waals surface area (Å²) < 4.78 is 5.76. The molecule has 1 N–H and O–H groups in total. The monoisotopic (exact) mass is 508 g/mol. The Morgan fingerprint density at radius 2 is 1.68 bits per heavy atom. The lowest BCUT2D eigenvalue weighted by molar-refractivity contribution is -0.132. The molecular weight excluding hydrogens is 476 g/mol. The molecule has 0 aliphatic carbocycles. The summed E-state index contributed by atoms with van der Waals surface area (Å²) in [4.78, 5) is 28.2. The molecule has 0 aromatic heterocycles. The van der Waals surface area contributed by atoms with Gasteiger partial charge in [-0.1, -0.05) is 52.0 Å². The van der Waals surface area contributed by atoms with Crippen LogP contribution in [-0.4, -0.2) is 23.4 Å². The molecule has 1 fully saturated rings. The zero-order valence-corrected chi connectivity index (χ0v) is 22.4. The van der Waals surface area contributed by atoms with Crippen molar-refractivity contribution in [3.8, 4) is 11.8 Å². The van der Waals surface area contributed by atoms with E-state index in [0.717, 1.165) is 17.5 Å². The molecule has 0 saturated carbocycles. The number of ether oxygens (including phenoxy) is 1. The molecule has 1 aliphatic rings. The van der Waals surface area contributed by atoms with Crippen LogP contribution in [0.5, 0.6) is 5.75 Å². The van der Waals surface area contributed by atoms with Crippen LogP contribution in [0.15, 0.2) is 72.3 Å². The van der Waals surface area contributed by atoms with Crippen LogP contribution in [0, 0.1) is 18.3 Å². The van der Waals surface area contributed by atoms with E-state index >= 15 is 0 Å². The Balaban J connectivity index is 1.88. The maximum Gasteiger partial charge on any atom is 0.300 e. The number of amides is 1. The molecule has 1 unspecified atom stereocenters. The lowest BCUT2D eigenvalue weighted by atomic mass is 9.85. The van der Waals surface area contributed by atoms with Crippen molar-refractivity contribution in [3.05, 3.63) is 100 Å². The Bertz CT molecular complexity index is 1440. The van der Waals surface area contributed by atoms with E-state index in [1.165, 1.54) is 4.90 Å². The van der Waals surface area contributed by atoms with Crippen LogP contribution in [0.4, 0.5) is 5.69 Å². The van der Waals surface area contributed by atoms with Crippen molar-refractivity contribution in [1.82, 2.24) is 0 Å². The topological polar surface area (TPSA) is 90.6 Å². The van der Waals surface area contributed by atoms with Crippen molar-refractivity contribution < 1.29 is 19.4 Å². The van der Waals surface area contributed by atoms with Crippen LogP contribution < -0.4 is 9.64 Å². The number of anilines is 1. The Hall–Kier alpha value is -4.37. The van der Waals surface area contributed by atoms with Crippen LogP contribution in [0.3, 0.4) is 0 Å². The van der Waals surface area contributed by atoms with Crippen molar-refractivity contribution in [3.63, 3.8) is 0 Å². The number of ketones is 1. The van der Waals surface area contributed by atoms with E-state index in [1.54, 1.807) is 42.5 Å². The number of hydrogen-bond donors (Lipinski definition) is 1. The van der Waals surface area contributed by atoms with Gasteiger partial charge in [-0.15, -0.1) is 0 Å². The zero-order chi connectivity index (χ0) is 27.6. The SMILES string of the molecule is CCCOc1ccc(/C(O)=C2/C(=O)C(=O)N(c3ccc(C#N)cc3)C2c2ccc(C(C)(C)C)cc2)cc1C. The summed E-state index contributed by atoms with van der Waals surface area (Å²) >= 11 is 0. The van der Waals surface area contributed by atoms with Gasteiger partial charge in [-0.2, -0.15) is 5.26 Å². The first kappa shape index (κ1) is 26.7. The highest BCUT2D eigenvalue weighted by Gasteiger charge is 2.47. The number of aliphatic hydroxyl groups is 1. The van der Waals surface area contributed by atoms with Crippen LogP contribution >= 0.6 is 0 Å². The molecule has 0 bridgehead atoms. The van der Waals surface area contributed by atoms with E-state index in [4.69, 9.17) is 4.74 Å². The maximum absolute atomic E-state index is 13.4. The quantitative estimate of drug-likeness (QED) is 0.231. The Labute approximate surface area is 223 Å². The molecule has 1 amide bonds.